The Morgan fingerprint density at radius 3 is 2.75 bits per heavy atom. The van der Waals surface area contributed by atoms with Gasteiger partial charge < -0.3 is 14.9 Å². The Labute approximate surface area is 111 Å². The maximum absolute atomic E-state index is 14.9. The van der Waals surface area contributed by atoms with Gasteiger partial charge in [-0.2, -0.15) is 4.98 Å². The fraction of sp³-hybridized carbons (Fsp3) is 0.545. The van der Waals surface area contributed by atoms with Crippen LogP contribution >= 0.6 is 0 Å². The number of aliphatic hydroxyl groups excluding tert-OH is 2. The van der Waals surface area contributed by atoms with E-state index in [1.165, 1.54) is 0 Å². The molecule has 0 saturated carbocycles. The molecular formula is C11H12FN3O5. The second kappa shape index (κ2) is 5.16. The van der Waals surface area contributed by atoms with Gasteiger partial charge in [0.2, 0.25) is 5.67 Å². The number of alkyl halides is 1. The second-order valence-electron chi connectivity index (χ2n) is 4.30. The molecule has 0 radical (unpaired) electrons. The zero-order chi connectivity index (χ0) is 14.9. The van der Waals surface area contributed by atoms with Crippen LogP contribution in [0.4, 0.5) is 4.39 Å². The number of aromatic amines is 1. The largest absolute Gasteiger partial charge is 0.396 e. The van der Waals surface area contributed by atoms with Crippen molar-refractivity contribution in [3.63, 3.8) is 0 Å². The second-order valence-corrected chi connectivity index (χ2v) is 4.30. The van der Waals surface area contributed by atoms with Crippen LogP contribution in [-0.4, -0.2) is 49.7 Å². The number of hydrogen-bond acceptors (Lipinski definition) is 6. The van der Waals surface area contributed by atoms with Crippen molar-refractivity contribution in [3.8, 4) is 12.3 Å². The monoisotopic (exact) mass is 285 g/mol. The van der Waals surface area contributed by atoms with E-state index in [1.807, 2.05) is 10.9 Å². The summed E-state index contributed by atoms with van der Waals surface area (Å²) in [5.74, 6) is 0.647. The van der Waals surface area contributed by atoms with Crippen molar-refractivity contribution in [2.24, 2.45) is 5.92 Å². The van der Waals surface area contributed by atoms with Crippen molar-refractivity contribution in [3.05, 3.63) is 27.3 Å². The predicted octanol–water partition coefficient (Wildman–Crippen LogP) is -2.23. The maximum Gasteiger partial charge on any atom is 0.350 e. The predicted molar refractivity (Wildman–Crippen MR) is 63.4 cm³/mol. The van der Waals surface area contributed by atoms with E-state index in [9.17, 15) is 19.1 Å². The third-order valence-corrected chi connectivity index (χ3v) is 3.25. The van der Waals surface area contributed by atoms with E-state index in [2.05, 4.69) is 4.98 Å². The van der Waals surface area contributed by atoms with E-state index in [0.717, 1.165) is 6.33 Å². The number of rotatable bonds is 3. The van der Waals surface area contributed by atoms with Gasteiger partial charge in [-0.25, -0.2) is 14.0 Å². The van der Waals surface area contributed by atoms with Crippen LogP contribution in [0.2, 0.25) is 0 Å². The van der Waals surface area contributed by atoms with Crippen LogP contribution in [0, 0.1) is 18.3 Å². The summed E-state index contributed by atoms with van der Waals surface area (Å²) in [7, 11) is 0. The van der Waals surface area contributed by atoms with Crippen LogP contribution in [0.15, 0.2) is 15.9 Å². The molecule has 0 spiro atoms. The molecule has 1 saturated heterocycles. The molecule has 1 aliphatic heterocycles. The van der Waals surface area contributed by atoms with Crippen LogP contribution in [0.3, 0.4) is 0 Å². The quantitative estimate of drug-likeness (QED) is 0.541. The van der Waals surface area contributed by atoms with Gasteiger partial charge in [0, 0.05) is 0 Å². The standard InChI is InChI=1S/C11H12FN3O5/c1-2-11(12)6(3-16)7(4-17)20-8(11)15-5-13-9(18)14-10(15)19/h1,5-8,16-17H,3-4H2,(H,14,18,19)/t6?,7-,8-,11?/m1/s1. The van der Waals surface area contributed by atoms with Gasteiger partial charge in [-0.05, 0) is 0 Å². The maximum atomic E-state index is 14.9. The molecule has 1 aromatic heterocycles. The van der Waals surface area contributed by atoms with Crippen LogP contribution in [0.1, 0.15) is 6.23 Å². The molecule has 3 N–H and O–H groups in total. The lowest BCUT2D eigenvalue weighted by Gasteiger charge is -2.25. The third-order valence-electron chi connectivity index (χ3n) is 3.25. The van der Waals surface area contributed by atoms with Gasteiger partial charge in [-0.15, -0.1) is 6.42 Å². The molecule has 9 heteroatoms. The summed E-state index contributed by atoms with van der Waals surface area (Å²) in [5, 5.41) is 18.4. The smallest absolute Gasteiger partial charge is 0.350 e. The Morgan fingerprint density at radius 2 is 2.25 bits per heavy atom. The Hall–Kier alpha value is -2.02. The van der Waals surface area contributed by atoms with Gasteiger partial charge in [0.1, 0.15) is 6.33 Å². The number of hydrogen-bond donors (Lipinski definition) is 3. The number of nitrogens with one attached hydrogen (secondary N) is 1. The first kappa shape index (κ1) is 14.4. The van der Waals surface area contributed by atoms with Crippen LogP contribution in [-0.2, 0) is 4.74 Å². The average Bonchev–Trinajstić information content (AvgIpc) is 2.72. The Kier molecular flexibility index (Phi) is 3.71. The molecule has 2 rings (SSSR count). The highest BCUT2D eigenvalue weighted by Crippen LogP contribution is 2.44. The van der Waals surface area contributed by atoms with Gasteiger partial charge in [0.25, 0.3) is 0 Å². The summed E-state index contributed by atoms with van der Waals surface area (Å²) >= 11 is 0. The molecule has 0 bridgehead atoms. The molecule has 1 aliphatic rings. The molecule has 1 fully saturated rings. The van der Waals surface area contributed by atoms with Gasteiger partial charge in [0.15, 0.2) is 6.23 Å². The van der Waals surface area contributed by atoms with E-state index in [1.54, 1.807) is 0 Å². The first-order valence-electron chi connectivity index (χ1n) is 5.69. The van der Waals surface area contributed by atoms with Crippen molar-refractivity contribution in [2.75, 3.05) is 13.2 Å². The number of aliphatic hydroxyl groups is 2. The zero-order valence-electron chi connectivity index (χ0n) is 10.2. The fourth-order valence-electron chi connectivity index (χ4n) is 2.20. The number of H-pyrrole nitrogens is 1. The van der Waals surface area contributed by atoms with Crippen molar-refractivity contribution in [2.45, 2.75) is 18.0 Å². The fourth-order valence-corrected chi connectivity index (χ4v) is 2.20. The van der Waals surface area contributed by atoms with Gasteiger partial charge in [0.05, 0.1) is 25.2 Å². The van der Waals surface area contributed by atoms with Crippen LogP contribution in [0.5, 0.6) is 0 Å². The zero-order valence-corrected chi connectivity index (χ0v) is 10.2. The lowest BCUT2D eigenvalue weighted by Crippen LogP contribution is -2.43. The number of ether oxygens (including phenoxy) is 1. The molecule has 2 unspecified atom stereocenters. The minimum atomic E-state index is -2.52. The van der Waals surface area contributed by atoms with E-state index in [0.29, 0.717) is 4.57 Å². The highest BCUT2D eigenvalue weighted by Gasteiger charge is 2.57. The van der Waals surface area contributed by atoms with Gasteiger partial charge >= 0.3 is 11.4 Å². The van der Waals surface area contributed by atoms with Crippen LogP contribution in [0.25, 0.3) is 0 Å². The summed E-state index contributed by atoms with van der Waals surface area (Å²) in [6.07, 6.45) is 3.27. The van der Waals surface area contributed by atoms with E-state index >= 15 is 0 Å². The Morgan fingerprint density at radius 1 is 1.55 bits per heavy atom. The molecule has 4 atom stereocenters. The summed E-state index contributed by atoms with van der Waals surface area (Å²) < 4.78 is 20.7. The molecular weight excluding hydrogens is 273 g/mol. The van der Waals surface area contributed by atoms with E-state index in [-0.39, 0.29) is 0 Å². The first-order chi connectivity index (χ1) is 9.47. The van der Waals surface area contributed by atoms with E-state index in [4.69, 9.17) is 16.3 Å². The highest BCUT2D eigenvalue weighted by atomic mass is 19.1. The first-order valence-corrected chi connectivity index (χ1v) is 5.69. The number of nitrogens with zero attached hydrogens (tertiary/aromatic N) is 2. The van der Waals surface area contributed by atoms with Gasteiger partial charge in [-0.3, -0.25) is 9.55 Å². The molecule has 2 heterocycles. The molecule has 108 valence electrons. The molecule has 0 aromatic carbocycles. The van der Waals surface area contributed by atoms with Crippen LogP contribution < -0.4 is 11.4 Å². The van der Waals surface area contributed by atoms with Gasteiger partial charge in [-0.1, -0.05) is 5.92 Å². The molecule has 20 heavy (non-hydrogen) atoms. The average molecular weight is 285 g/mol. The van der Waals surface area contributed by atoms with Crippen molar-refractivity contribution < 1.29 is 19.3 Å². The Balaban J connectivity index is 2.53. The summed E-state index contributed by atoms with van der Waals surface area (Å²) in [6, 6.07) is 0. The lowest BCUT2D eigenvalue weighted by molar-refractivity contribution is -0.0534. The SMILES string of the molecule is C#CC1(F)C(CO)[C@@H](CO)O[C@H]1n1cnc(=O)[nH]c1=O. The molecule has 1 aromatic rings. The molecule has 8 nitrogen and oxygen atoms in total. The summed E-state index contributed by atoms with van der Waals surface area (Å²) in [6.45, 7) is -1.26. The van der Waals surface area contributed by atoms with E-state index < -0.39 is 48.5 Å². The van der Waals surface area contributed by atoms with Crippen molar-refractivity contribution in [1.82, 2.24) is 14.5 Å². The number of terminal acetylenes is 1. The minimum absolute atomic E-state index is 0.583. The molecule has 0 amide bonds. The highest BCUT2D eigenvalue weighted by molar-refractivity contribution is 5.18. The topological polar surface area (TPSA) is 117 Å². The Bertz CT molecular complexity index is 650. The summed E-state index contributed by atoms with van der Waals surface area (Å²) in [5.41, 5.74) is -4.37. The molecule has 0 aliphatic carbocycles. The number of halogens is 1. The number of aromatic nitrogens is 3. The minimum Gasteiger partial charge on any atom is -0.396 e. The lowest BCUT2D eigenvalue weighted by atomic mass is 9.87. The van der Waals surface area contributed by atoms with Crippen molar-refractivity contribution in [1.29, 1.82) is 0 Å². The normalized spacial score (nSPS) is 33.0. The summed E-state index contributed by atoms with van der Waals surface area (Å²) in [4.78, 5) is 27.7. The third kappa shape index (κ3) is 2.03. The van der Waals surface area contributed by atoms with Crippen molar-refractivity contribution >= 4 is 0 Å².